The standard InChI is InChI=1S/C17H22O3.C16H20O3.C4H8O/c1-19-12-11-14-7-9-16(10-8-14)17(18)20-13-15-5-3-2-4-6-15;17-11-10-13-6-8-15(9-7-13)16(18)19-12-14-4-2-1-3-5-14;1-2-4-5-3-1/h2-6,11-12,14,16H,7-10,13H2,1H3;1-5,11,13,15H,6-10,12H2;1-4H2/b12-11+;;. The monoisotopic (exact) mass is 606 g/mol. The molecule has 3 aliphatic rings. The van der Waals surface area contributed by atoms with Crippen LogP contribution in [-0.4, -0.2) is 38.5 Å². The number of carbonyl (C=O) groups excluding carboxylic acids is 3. The van der Waals surface area contributed by atoms with Crippen molar-refractivity contribution in [3.8, 4) is 0 Å². The summed E-state index contributed by atoms with van der Waals surface area (Å²) >= 11 is 0. The average Bonchev–Trinajstić information content (AvgIpc) is 3.68. The zero-order chi connectivity index (χ0) is 31.2. The minimum absolute atomic E-state index is 0.0200. The molecule has 0 atom stereocenters. The number of hydrogen-bond donors (Lipinski definition) is 0. The van der Waals surface area contributed by atoms with Gasteiger partial charge in [-0.15, -0.1) is 0 Å². The molecule has 0 spiro atoms. The molecular formula is C37H50O7. The van der Waals surface area contributed by atoms with E-state index in [1.54, 1.807) is 13.4 Å². The van der Waals surface area contributed by atoms with Crippen LogP contribution in [0.1, 0.15) is 81.8 Å². The Morgan fingerprint density at radius 3 is 1.61 bits per heavy atom. The third-order valence-corrected chi connectivity index (χ3v) is 8.48. The fraction of sp³-hybridized carbons (Fsp3) is 0.541. The summed E-state index contributed by atoms with van der Waals surface area (Å²) in [5, 5.41) is 0. The number of carbonyl (C=O) groups is 3. The summed E-state index contributed by atoms with van der Waals surface area (Å²) < 4.78 is 20.6. The summed E-state index contributed by atoms with van der Waals surface area (Å²) in [5.41, 5.74) is 2.06. The molecule has 44 heavy (non-hydrogen) atoms. The molecule has 0 amide bonds. The van der Waals surface area contributed by atoms with Crippen LogP contribution in [-0.2, 0) is 46.5 Å². The minimum atomic E-state index is -0.0894. The predicted molar refractivity (Wildman–Crippen MR) is 170 cm³/mol. The first-order valence-corrected chi connectivity index (χ1v) is 16.2. The molecule has 7 nitrogen and oxygen atoms in total. The highest BCUT2D eigenvalue weighted by Crippen LogP contribution is 2.32. The Morgan fingerprint density at radius 2 is 1.20 bits per heavy atom. The van der Waals surface area contributed by atoms with Gasteiger partial charge >= 0.3 is 11.9 Å². The van der Waals surface area contributed by atoms with E-state index in [2.05, 4.69) is 6.08 Å². The zero-order valence-electron chi connectivity index (χ0n) is 26.3. The van der Waals surface area contributed by atoms with Crippen LogP contribution in [0.3, 0.4) is 0 Å². The van der Waals surface area contributed by atoms with Gasteiger partial charge in [-0.1, -0.05) is 60.7 Å². The highest BCUT2D eigenvalue weighted by Gasteiger charge is 2.27. The molecule has 1 aliphatic heterocycles. The van der Waals surface area contributed by atoms with Crippen molar-refractivity contribution < 1.29 is 33.3 Å². The van der Waals surface area contributed by atoms with Gasteiger partial charge in [0.15, 0.2) is 0 Å². The number of benzene rings is 2. The molecule has 2 aromatic carbocycles. The van der Waals surface area contributed by atoms with Crippen LogP contribution in [0.2, 0.25) is 0 Å². The van der Waals surface area contributed by atoms with Gasteiger partial charge in [0.1, 0.15) is 19.5 Å². The molecule has 0 unspecified atom stereocenters. The maximum absolute atomic E-state index is 12.0. The Bertz CT molecular complexity index is 1070. The highest BCUT2D eigenvalue weighted by molar-refractivity contribution is 5.73. The number of hydrogen-bond acceptors (Lipinski definition) is 7. The fourth-order valence-electron chi connectivity index (χ4n) is 5.71. The second-order valence-electron chi connectivity index (χ2n) is 11.8. The molecule has 0 aromatic heterocycles. The maximum Gasteiger partial charge on any atom is 0.309 e. The molecule has 0 radical (unpaired) electrons. The van der Waals surface area contributed by atoms with Crippen molar-refractivity contribution in [1.82, 2.24) is 0 Å². The Kier molecular flexibility index (Phi) is 16.9. The van der Waals surface area contributed by atoms with Gasteiger partial charge in [0, 0.05) is 19.6 Å². The fourth-order valence-corrected chi connectivity index (χ4v) is 5.71. The lowest BCUT2D eigenvalue weighted by atomic mass is 9.81. The molecule has 0 bridgehead atoms. The van der Waals surface area contributed by atoms with Gasteiger partial charge in [-0.25, -0.2) is 0 Å². The lowest BCUT2D eigenvalue weighted by Crippen LogP contribution is -2.23. The molecule has 0 N–H and O–H groups in total. The van der Waals surface area contributed by atoms with E-state index in [1.807, 2.05) is 60.7 Å². The quantitative estimate of drug-likeness (QED) is 0.156. The SMILES string of the molecule is C1CCOC1.CO/C=C/C1CCC(C(=O)OCc2ccccc2)CC1.O=CCC1CCC(C(=O)OCc2ccccc2)CC1. The molecule has 240 valence electrons. The largest absolute Gasteiger partial charge is 0.505 e. The zero-order valence-corrected chi connectivity index (χ0v) is 26.3. The van der Waals surface area contributed by atoms with Gasteiger partial charge in [0.2, 0.25) is 0 Å². The molecule has 5 rings (SSSR count). The topological polar surface area (TPSA) is 88.1 Å². The molecule has 1 heterocycles. The van der Waals surface area contributed by atoms with E-state index >= 15 is 0 Å². The molecule has 7 heteroatoms. The van der Waals surface area contributed by atoms with Crippen LogP contribution >= 0.6 is 0 Å². The van der Waals surface area contributed by atoms with E-state index < -0.39 is 0 Å². The molecule has 1 saturated heterocycles. The van der Waals surface area contributed by atoms with Crippen molar-refractivity contribution in [3.05, 3.63) is 84.1 Å². The van der Waals surface area contributed by atoms with Crippen molar-refractivity contribution in [1.29, 1.82) is 0 Å². The maximum atomic E-state index is 12.0. The van der Waals surface area contributed by atoms with Crippen LogP contribution in [0.25, 0.3) is 0 Å². The molecule has 2 aliphatic carbocycles. The third kappa shape index (κ3) is 13.9. The summed E-state index contributed by atoms with van der Waals surface area (Å²) in [7, 11) is 1.66. The Labute approximate surface area is 263 Å². The smallest absolute Gasteiger partial charge is 0.309 e. The highest BCUT2D eigenvalue weighted by atomic mass is 16.5. The summed E-state index contributed by atoms with van der Waals surface area (Å²) in [4.78, 5) is 34.4. The number of allylic oxidation sites excluding steroid dienone is 1. The number of ether oxygens (including phenoxy) is 4. The third-order valence-electron chi connectivity index (χ3n) is 8.48. The van der Waals surface area contributed by atoms with E-state index in [0.717, 1.165) is 82.0 Å². The normalized spacial score (nSPS) is 22.8. The van der Waals surface area contributed by atoms with Crippen molar-refractivity contribution in [2.24, 2.45) is 23.7 Å². The van der Waals surface area contributed by atoms with E-state index in [0.29, 0.717) is 31.5 Å². The lowest BCUT2D eigenvalue weighted by Gasteiger charge is -2.25. The summed E-state index contributed by atoms with van der Waals surface area (Å²) in [6.45, 7) is 2.73. The van der Waals surface area contributed by atoms with E-state index in [1.165, 1.54) is 12.8 Å². The summed E-state index contributed by atoms with van der Waals surface area (Å²) in [6, 6.07) is 19.5. The number of esters is 2. The van der Waals surface area contributed by atoms with Crippen molar-refractivity contribution in [2.75, 3.05) is 20.3 Å². The minimum Gasteiger partial charge on any atom is -0.505 e. The first-order chi connectivity index (χ1) is 21.6. The Morgan fingerprint density at radius 1 is 0.727 bits per heavy atom. The first kappa shape index (κ1) is 35.0. The van der Waals surface area contributed by atoms with Crippen LogP contribution in [0, 0.1) is 23.7 Å². The number of methoxy groups -OCH3 is 1. The van der Waals surface area contributed by atoms with Crippen LogP contribution in [0.15, 0.2) is 73.0 Å². The molecular weight excluding hydrogens is 556 g/mol. The Balaban J connectivity index is 0.000000207. The van der Waals surface area contributed by atoms with Gasteiger partial charge in [0.25, 0.3) is 0 Å². The van der Waals surface area contributed by atoms with Crippen molar-refractivity contribution in [2.45, 2.75) is 83.8 Å². The Hall–Kier alpha value is -3.45. The average molecular weight is 607 g/mol. The number of rotatable bonds is 10. The molecule has 2 saturated carbocycles. The van der Waals surface area contributed by atoms with Crippen LogP contribution in [0.5, 0.6) is 0 Å². The first-order valence-electron chi connectivity index (χ1n) is 16.2. The van der Waals surface area contributed by atoms with Crippen LogP contribution < -0.4 is 0 Å². The van der Waals surface area contributed by atoms with Gasteiger partial charge in [-0.3, -0.25) is 9.59 Å². The summed E-state index contributed by atoms with van der Waals surface area (Å²) in [6.07, 6.45) is 15.5. The second-order valence-corrected chi connectivity index (χ2v) is 11.8. The van der Waals surface area contributed by atoms with Gasteiger partial charge in [-0.2, -0.15) is 0 Å². The van der Waals surface area contributed by atoms with Gasteiger partial charge < -0.3 is 23.7 Å². The van der Waals surface area contributed by atoms with Gasteiger partial charge in [-0.05, 0) is 93.2 Å². The van der Waals surface area contributed by atoms with Crippen molar-refractivity contribution in [3.63, 3.8) is 0 Å². The molecule has 3 fully saturated rings. The van der Waals surface area contributed by atoms with Crippen LogP contribution in [0.4, 0.5) is 0 Å². The predicted octanol–water partition coefficient (Wildman–Crippen LogP) is 7.62. The van der Waals surface area contributed by atoms with E-state index in [9.17, 15) is 14.4 Å². The lowest BCUT2D eigenvalue weighted by molar-refractivity contribution is -0.152. The second kappa shape index (κ2) is 21.3. The van der Waals surface area contributed by atoms with Crippen molar-refractivity contribution >= 4 is 18.2 Å². The summed E-state index contributed by atoms with van der Waals surface area (Å²) in [5.74, 6) is 0.942. The van der Waals surface area contributed by atoms with E-state index in [-0.39, 0.29) is 23.8 Å². The molecule has 2 aromatic rings. The number of aldehydes is 1. The van der Waals surface area contributed by atoms with Gasteiger partial charge in [0.05, 0.1) is 25.2 Å². The van der Waals surface area contributed by atoms with E-state index in [4.69, 9.17) is 18.9 Å².